The third kappa shape index (κ3) is 3.58. The number of hydrogen-bond acceptors (Lipinski definition) is 2. The van der Waals surface area contributed by atoms with Gasteiger partial charge in [-0.2, -0.15) is 0 Å². The van der Waals surface area contributed by atoms with Crippen LogP contribution in [0.4, 0.5) is 4.39 Å². The van der Waals surface area contributed by atoms with Crippen LogP contribution in [0.3, 0.4) is 0 Å². The lowest BCUT2D eigenvalue weighted by atomic mass is 10.1. The van der Waals surface area contributed by atoms with E-state index in [1.165, 1.54) is 6.07 Å². The molecule has 20 heavy (non-hydrogen) atoms. The van der Waals surface area contributed by atoms with Gasteiger partial charge in [0.2, 0.25) is 0 Å². The lowest BCUT2D eigenvalue weighted by Crippen LogP contribution is -2.00. The van der Waals surface area contributed by atoms with Gasteiger partial charge in [0.15, 0.2) is 11.6 Å². The van der Waals surface area contributed by atoms with Gasteiger partial charge in [-0.3, -0.25) is 0 Å². The number of rotatable bonds is 4. The van der Waals surface area contributed by atoms with Crippen LogP contribution in [0.25, 0.3) is 0 Å². The average molecular weight is 274 g/mol. The molecule has 0 aromatic heterocycles. The first-order valence-electron chi connectivity index (χ1n) is 6.63. The van der Waals surface area contributed by atoms with Crippen LogP contribution >= 0.6 is 0 Å². The fourth-order valence-electron chi connectivity index (χ4n) is 2.21. The van der Waals surface area contributed by atoms with Crippen molar-refractivity contribution in [2.45, 2.75) is 33.5 Å². The van der Waals surface area contributed by atoms with Crippen molar-refractivity contribution in [3.05, 3.63) is 64.5 Å². The lowest BCUT2D eigenvalue weighted by molar-refractivity contribution is 0.198. The van der Waals surface area contributed by atoms with E-state index in [0.29, 0.717) is 12.2 Å². The van der Waals surface area contributed by atoms with Gasteiger partial charge in [-0.05, 0) is 44.0 Å². The fourth-order valence-corrected chi connectivity index (χ4v) is 2.21. The van der Waals surface area contributed by atoms with Crippen LogP contribution in [0.1, 0.15) is 35.3 Å². The number of halogens is 1. The SMILES string of the molecule is Cc1cc(C)cc(COc2ccc([C@@H](C)O)cc2F)c1. The molecular formula is C17H19FO2. The van der Waals surface area contributed by atoms with Crippen LogP contribution in [-0.4, -0.2) is 5.11 Å². The second-order valence-electron chi connectivity index (χ2n) is 5.15. The number of hydrogen-bond donors (Lipinski definition) is 1. The largest absolute Gasteiger partial charge is 0.486 e. The number of ether oxygens (including phenoxy) is 1. The number of aliphatic hydroxyl groups is 1. The molecule has 106 valence electrons. The normalized spacial score (nSPS) is 12.2. The molecule has 2 nitrogen and oxygen atoms in total. The molecule has 0 bridgehead atoms. The molecule has 0 spiro atoms. The summed E-state index contributed by atoms with van der Waals surface area (Å²) in [6.45, 7) is 5.97. The van der Waals surface area contributed by atoms with Crippen molar-refractivity contribution >= 4 is 0 Å². The molecular weight excluding hydrogens is 255 g/mol. The van der Waals surface area contributed by atoms with Crippen LogP contribution in [0, 0.1) is 19.7 Å². The second kappa shape index (κ2) is 6.06. The Morgan fingerprint density at radius 1 is 1.10 bits per heavy atom. The summed E-state index contributed by atoms with van der Waals surface area (Å²) in [6.07, 6.45) is -0.682. The van der Waals surface area contributed by atoms with Crippen molar-refractivity contribution in [3.8, 4) is 5.75 Å². The maximum atomic E-state index is 13.8. The molecule has 0 aliphatic carbocycles. The standard InChI is InChI=1S/C17H19FO2/c1-11-6-12(2)8-14(7-11)10-20-17-5-4-15(13(3)19)9-16(17)18/h4-9,13,19H,10H2,1-3H3/t13-/m1/s1. The first-order valence-corrected chi connectivity index (χ1v) is 6.63. The van der Waals surface area contributed by atoms with Crippen molar-refractivity contribution in [1.82, 2.24) is 0 Å². The summed E-state index contributed by atoms with van der Waals surface area (Å²) >= 11 is 0. The maximum absolute atomic E-state index is 13.8. The van der Waals surface area contributed by atoms with Crippen molar-refractivity contribution in [3.63, 3.8) is 0 Å². The first kappa shape index (κ1) is 14.5. The molecule has 1 N–H and O–H groups in total. The lowest BCUT2D eigenvalue weighted by Gasteiger charge is -2.11. The van der Waals surface area contributed by atoms with Gasteiger partial charge in [-0.1, -0.05) is 35.4 Å². The highest BCUT2D eigenvalue weighted by Gasteiger charge is 2.08. The molecule has 3 heteroatoms. The summed E-state index contributed by atoms with van der Waals surface area (Å²) in [4.78, 5) is 0. The van der Waals surface area contributed by atoms with Gasteiger partial charge in [0.1, 0.15) is 6.61 Å². The Morgan fingerprint density at radius 3 is 2.30 bits per heavy atom. The van der Waals surface area contributed by atoms with E-state index in [9.17, 15) is 9.50 Å². The summed E-state index contributed by atoms with van der Waals surface area (Å²) < 4.78 is 19.3. The molecule has 0 amide bonds. The van der Waals surface area contributed by atoms with Gasteiger partial charge in [0.25, 0.3) is 0 Å². The van der Waals surface area contributed by atoms with Crippen LogP contribution < -0.4 is 4.74 Å². The highest BCUT2D eigenvalue weighted by Crippen LogP contribution is 2.23. The summed E-state index contributed by atoms with van der Waals surface area (Å²) in [6, 6.07) is 10.7. The van der Waals surface area contributed by atoms with Gasteiger partial charge >= 0.3 is 0 Å². The Labute approximate surface area is 118 Å². The predicted octanol–water partition coefficient (Wildman–Crippen LogP) is 4.07. The van der Waals surface area contributed by atoms with E-state index in [-0.39, 0.29) is 5.75 Å². The van der Waals surface area contributed by atoms with E-state index in [1.54, 1.807) is 19.1 Å². The van der Waals surface area contributed by atoms with E-state index in [4.69, 9.17) is 4.74 Å². The minimum atomic E-state index is -0.682. The molecule has 0 aliphatic rings. The molecule has 2 aromatic rings. The Kier molecular flexibility index (Phi) is 4.40. The molecule has 0 aliphatic heterocycles. The highest BCUT2D eigenvalue weighted by molar-refractivity contribution is 5.32. The fraction of sp³-hybridized carbons (Fsp3) is 0.294. The topological polar surface area (TPSA) is 29.5 Å². The molecule has 2 rings (SSSR count). The third-order valence-electron chi connectivity index (χ3n) is 3.11. The van der Waals surface area contributed by atoms with Gasteiger partial charge in [0, 0.05) is 0 Å². The molecule has 0 saturated heterocycles. The first-order chi connectivity index (χ1) is 9.45. The van der Waals surface area contributed by atoms with Crippen LogP contribution in [0.5, 0.6) is 5.75 Å². The van der Waals surface area contributed by atoms with E-state index in [2.05, 4.69) is 6.07 Å². The average Bonchev–Trinajstić information content (AvgIpc) is 2.36. The minimum Gasteiger partial charge on any atom is -0.486 e. The zero-order valence-electron chi connectivity index (χ0n) is 12.0. The van der Waals surface area contributed by atoms with Crippen molar-refractivity contribution < 1.29 is 14.2 Å². The molecule has 0 unspecified atom stereocenters. The van der Waals surface area contributed by atoms with E-state index >= 15 is 0 Å². The molecule has 2 aromatic carbocycles. The molecule has 0 radical (unpaired) electrons. The third-order valence-corrected chi connectivity index (χ3v) is 3.11. The smallest absolute Gasteiger partial charge is 0.165 e. The molecule has 0 heterocycles. The summed E-state index contributed by atoms with van der Waals surface area (Å²) in [5.74, 6) is -0.249. The summed E-state index contributed by atoms with van der Waals surface area (Å²) in [5, 5.41) is 9.40. The van der Waals surface area contributed by atoms with Crippen LogP contribution in [-0.2, 0) is 6.61 Å². The number of aliphatic hydroxyl groups excluding tert-OH is 1. The van der Waals surface area contributed by atoms with Crippen molar-refractivity contribution in [2.75, 3.05) is 0 Å². The molecule has 0 saturated carbocycles. The maximum Gasteiger partial charge on any atom is 0.165 e. The van der Waals surface area contributed by atoms with Crippen LogP contribution in [0.2, 0.25) is 0 Å². The Balaban J connectivity index is 2.11. The van der Waals surface area contributed by atoms with Gasteiger partial charge < -0.3 is 9.84 Å². The van der Waals surface area contributed by atoms with E-state index in [1.807, 2.05) is 26.0 Å². The van der Waals surface area contributed by atoms with Crippen molar-refractivity contribution in [1.29, 1.82) is 0 Å². The van der Waals surface area contributed by atoms with Crippen molar-refractivity contribution in [2.24, 2.45) is 0 Å². The Bertz CT molecular complexity index is 586. The monoisotopic (exact) mass is 274 g/mol. The highest BCUT2D eigenvalue weighted by atomic mass is 19.1. The Morgan fingerprint density at radius 2 is 1.75 bits per heavy atom. The predicted molar refractivity (Wildman–Crippen MR) is 77.3 cm³/mol. The van der Waals surface area contributed by atoms with E-state index < -0.39 is 11.9 Å². The second-order valence-corrected chi connectivity index (χ2v) is 5.15. The zero-order chi connectivity index (χ0) is 14.7. The molecule has 0 fully saturated rings. The zero-order valence-corrected chi connectivity index (χ0v) is 12.0. The van der Waals surface area contributed by atoms with Gasteiger partial charge in [-0.25, -0.2) is 4.39 Å². The number of aryl methyl sites for hydroxylation is 2. The van der Waals surface area contributed by atoms with Gasteiger partial charge in [0.05, 0.1) is 6.10 Å². The van der Waals surface area contributed by atoms with E-state index in [0.717, 1.165) is 16.7 Å². The summed E-state index contributed by atoms with van der Waals surface area (Å²) in [7, 11) is 0. The number of benzene rings is 2. The molecule has 1 atom stereocenters. The van der Waals surface area contributed by atoms with Gasteiger partial charge in [-0.15, -0.1) is 0 Å². The van der Waals surface area contributed by atoms with Crippen LogP contribution in [0.15, 0.2) is 36.4 Å². The Hall–Kier alpha value is -1.87. The summed E-state index contributed by atoms with van der Waals surface area (Å²) in [5.41, 5.74) is 3.88. The quantitative estimate of drug-likeness (QED) is 0.910. The minimum absolute atomic E-state index is 0.202.